The Balaban J connectivity index is 3.05. The molecule has 6 heavy (non-hydrogen) atoms. The van der Waals surface area contributed by atoms with Gasteiger partial charge in [-0.15, -0.1) is 0 Å². The van der Waals surface area contributed by atoms with E-state index in [2.05, 4.69) is 24.8 Å². The molecule has 0 fully saturated rings. The van der Waals surface area contributed by atoms with Crippen LogP contribution in [0.15, 0.2) is 25.2 Å². The number of rotatable bonds is 2. The van der Waals surface area contributed by atoms with Gasteiger partial charge in [0, 0.05) is 6.92 Å². The van der Waals surface area contributed by atoms with Crippen molar-refractivity contribution in [3.8, 4) is 0 Å². The van der Waals surface area contributed by atoms with E-state index in [1.54, 1.807) is 0 Å². The molecule has 0 atom stereocenters. The van der Waals surface area contributed by atoms with Crippen molar-refractivity contribution in [2.45, 2.75) is 0 Å². The highest BCUT2D eigenvalue weighted by molar-refractivity contribution is 4.87. The van der Waals surface area contributed by atoms with Crippen molar-refractivity contribution < 1.29 is 4.74 Å². The Morgan fingerprint density at radius 2 is 2.17 bits per heavy atom. The molecule has 0 rings (SSSR count). The highest BCUT2D eigenvalue weighted by atomic mass is 16.5. The van der Waals surface area contributed by atoms with E-state index in [-0.39, 0.29) is 0 Å². The Labute approximate surface area is 37.9 Å². The van der Waals surface area contributed by atoms with Gasteiger partial charge >= 0.3 is 0 Å². The molecular formula is C5H7O. The summed E-state index contributed by atoms with van der Waals surface area (Å²) in [6, 6.07) is 0. The van der Waals surface area contributed by atoms with Gasteiger partial charge in [-0.05, 0) is 0 Å². The summed E-state index contributed by atoms with van der Waals surface area (Å²) < 4.78 is 4.50. The molecule has 1 nitrogen and oxygen atoms in total. The summed E-state index contributed by atoms with van der Waals surface area (Å²) in [5.41, 5.74) is 0. The lowest BCUT2D eigenvalue weighted by molar-refractivity contribution is 0.371. The van der Waals surface area contributed by atoms with Crippen molar-refractivity contribution in [2.75, 3.05) is 0 Å². The van der Waals surface area contributed by atoms with Gasteiger partial charge in [0.15, 0.2) is 0 Å². The zero-order valence-corrected chi connectivity index (χ0v) is 3.61. The Hall–Kier alpha value is -0.720. The van der Waals surface area contributed by atoms with E-state index in [1.165, 1.54) is 6.26 Å². The summed E-state index contributed by atoms with van der Waals surface area (Å²) >= 11 is 0. The molecule has 0 saturated heterocycles. The van der Waals surface area contributed by atoms with Crippen LogP contribution >= 0.6 is 0 Å². The minimum atomic E-state index is 0.421. The summed E-state index contributed by atoms with van der Waals surface area (Å²) in [5.74, 6) is 0.421. The summed E-state index contributed by atoms with van der Waals surface area (Å²) in [4.78, 5) is 0. The van der Waals surface area contributed by atoms with Crippen molar-refractivity contribution in [3.63, 3.8) is 0 Å². The van der Waals surface area contributed by atoms with Crippen LogP contribution in [0.1, 0.15) is 0 Å². The van der Waals surface area contributed by atoms with Gasteiger partial charge < -0.3 is 4.74 Å². The molecule has 0 aromatic carbocycles. The van der Waals surface area contributed by atoms with Crippen LogP contribution in [0.25, 0.3) is 0 Å². The van der Waals surface area contributed by atoms with Crippen LogP contribution < -0.4 is 0 Å². The van der Waals surface area contributed by atoms with Gasteiger partial charge in [0.1, 0.15) is 0 Å². The van der Waals surface area contributed by atoms with Crippen molar-refractivity contribution in [2.24, 2.45) is 0 Å². The molecule has 0 spiro atoms. The van der Waals surface area contributed by atoms with Crippen LogP contribution in [0.5, 0.6) is 0 Å². The van der Waals surface area contributed by atoms with Crippen molar-refractivity contribution in [1.29, 1.82) is 0 Å². The molecule has 0 unspecified atom stereocenters. The third-order valence-electron chi connectivity index (χ3n) is 0.250. The first-order chi connectivity index (χ1) is 2.77. The molecule has 1 heteroatoms. The van der Waals surface area contributed by atoms with Gasteiger partial charge in [0.05, 0.1) is 12.0 Å². The number of allylic oxidation sites excluding steroid dienone is 1. The van der Waals surface area contributed by atoms with Gasteiger partial charge in [0.25, 0.3) is 0 Å². The maximum absolute atomic E-state index is 4.50. The first kappa shape index (κ1) is 5.28. The zero-order chi connectivity index (χ0) is 4.99. The largest absolute Gasteiger partial charge is 0.471 e. The molecule has 0 saturated carbocycles. The van der Waals surface area contributed by atoms with E-state index in [9.17, 15) is 0 Å². The molecule has 0 aromatic heterocycles. The SMILES string of the molecule is [CH2]C(=C)OC=C. The van der Waals surface area contributed by atoms with Gasteiger partial charge in [-0.3, -0.25) is 0 Å². The van der Waals surface area contributed by atoms with Gasteiger partial charge in [-0.2, -0.15) is 0 Å². The average Bonchev–Trinajstić information content (AvgIpc) is 1.35. The molecule has 0 N–H and O–H groups in total. The van der Waals surface area contributed by atoms with Crippen molar-refractivity contribution in [3.05, 3.63) is 32.1 Å². The fourth-order valence-corrected chi connectivity index (χ4v) is 0.118. The van der Waals surface area contributed by atoms with E-state index in [4.69, 9.17) is 0 Å². The zero-order valence-electron chi connectivity index (χ0n) is 3.61. The lowest BCUT2D eigenvalue weighted by atomic mass is 10.7. The molecule has 0 aromatic rings. The van der Waals surface area contributed by atoms with Crippen molar-refractivity contribution >= 4 is 0 Å². The lowest BCUT2D eigenvalue weighted by Crippen LogP contribution is -1.69. The van der Waals surface area contributed by atoms with Gasteiger partial charge in [-0.25, -0.2) is 0 Å². The van der Waals surface area contributed by atoms with Crippen LogP contribution in [0.2, 0.25) is 0 Å². The molecule has 1 radical (unpaired) electrons. The smallest absolute Gasteiger partial charge is 0.0964 e. The average molecular weight is 83.1 g/mol. The minimum Gasteiger partial charge on any atom is -0.471 e. The second kappa shape index (κ2) is 2.51. The second-order valence-electron chi connectivity index (χ2n) is 0.823. The van der Waals surface area contributed by atoms with E-state index in [1.807, 2.05) is 0 Å². The van der Waals surface area contributed by atoms with Crippen LogP contribution in [-0.2, 0) is 4.74 Å². The Bertz CT molecular complexity index is 64.3. The quantitative estimate of drug-likeness (QED) is 0.459. The lowest BCUT2D eigenvalue weighted by Gasteiger charge is -1.89. The molecule has 0 aliphatic heterocycles. The molecular weight excluding hydrogens is 76.1 g/mol. The molecule has 0 aliphatic rings. The topological polar surface area (TPSA) is 9.23 Å². The third kappa shape index (κ3) is 3.28. The van der Waals surface area contributed by atoms with Crippen molar-refractivity contribution in [1.82, 2.24) is 0 Å². The fourth-order valence-electron chi connectivity index (χ4n) is 0.118. The fraction of sp³-hybridized carbons (Fsp3) is 0. The highest BCUT2D eigenvalue weighted by Gasteiger charge is 1.69. The summed E-state index contributed by atoms with van der Waals surface area (Å²) in [7, 11) is 0. The minimum absolute atomic E-state index is 0.421. The summed E-state index contributed by atoms with van der Waals surface area (Å²) in [6.45, 7) is 9.96. The standard InChI is InChI=1S/C5H7O/c1-4-6-5(2)3/h4H,1-3H2. The van der Waals surface area contributed by atoms with Crippen LogP contribution in [-0.4, -0.2) is 0 Å². The molecule has 0 heterocycles. The van der Waals surface area contributed by atoms with E-state index in [0.29, 0.717) is 5.76 Å². The van der Waals surface area contributed by atoms with E-state index < -0.39 is 0 Å². The molecule has 0 aliphatic carbocycles. The molecule has 33 valence electrons. The van der Waals surface area contributed by atoms with Crippen LogP contribution in [0, 0.1) is 6.92 Å². The number of hydrogen-bond acceptors (Lipinski definition) is 1. The number of ether oxygens (including phenoxy) is 1. The number of hydrogen-bond donors (Lipinski definition) is 0. The predicted octanol–water partition coefficient (Wildman–Crippen LogP) is 1.49. The first-order valence-corrected chi connectivity index (χ1v) is 1.56. The maximum atomic E-state index is 4.50. The van der Waals surface area contributed by atoms with Crippen LogP contribution in [0.3, 0.4) is 0 Å². The monoisotopic (exact) mass is 83.0 g/mol. The first-order valence-electron chi connectivity index (χ1n) is 1.56. The normalized spacial score (nSPS) is 6.83. The Morgan fingerprint density at radius 3 is 2.17 bits per heavy atom. The van der Waals surface area contributed by atoms with Gasteiger partial charge in [0.2, 0.25) is 0 Å². The second-order valence-corrected chi connectivity index (χ2v) is 0.823. The summed E-state index contributed by atoms with van der Waals surface area (Å²) in [6.07, 6.45) is 1.29. The molecule has 0 amide bonds. The van der Waals surface area contributed by atoms with Gasteiger partial charge in [-0.1, -0.05) is 13.2 Å². The van der Waals surface area contributed by atoms with E-state index in [0.717, 1.165) is 0 Å². The van der Waals surface area contributed by atoms with E-state index >= 15 is 0 Å². The predicted molar refractivity (Wildman–Crippen MR) is 25.8 cm³/mol. The maximum Gasteiger partial charge on any atom is 0.0964 e. The molecule has 0 bridgehead atoms. The third-order valence-corrected chi connectivity index (χ3v) is 0.250. The van der Waals surface area contributed by atoms with Crippen LogP contribution in [0.4, 0.5) is 0 Å². The Kier molecular flexibility index (Phi) is 2.21. The summed E-state index contributed by atoms with van der Waals surface area (Å²) in [5, 5.41) is 0. The highest BCUT2D eigenvalue weighted by Crippen LogP contribution is 1.85. The Morgan fingerprint density at radius 1 is 1.67 bits per heavy atom.